The predicted molar refractivity (Wildman–Crippen MR) is 98.8 cm³/mol. The quantitative estimate of drug-likeness (QED) is 0.448. The van der Waals surface area contributed by atoms with Crippen LogP contribution in [0.15, 0.2) is 46.8 Å². The van der Waals surface area contributed by atoms with Gasteiger partial charge in [-0.3, -0.25) is 14.9 Å². The van der Waals surface area contributed by atoms with Gasteiger partial charge in [-0.05, 0) is 39.2 Å². The number of carbonyl (C=O) groups excluding carboxylic acids is 2. The highest BCUT2D eigenvalue weighted by Crippen LogP contribution is 2.46. The summed E-state index contributed by atoms with van der Waals surface area (Å²) in [6.07, 6.45) is 1.63. The lowest BCUT2D eigenvalue weighted by molar-refractivity contribution is -0.384. The SMILES string of the molecule is CCOC(=O)C1=C(C)N2CCCC2=C(C(C)=O)C1c1cccc([N+](=O)[O-])c1. The predicted octanol–water partition coefficient (Wildman–Crippen LogP) is 3.47. The topological polar surface area (TPSA) is 89.8 Å². The zero-order valence-electron chi connectivity index (χ0n) is 15.7. The number of nitrogens with zero attached hydrogens (tertiary/aromatic N) is 2. The fourth-order valence-electron chi connectivity index (χ4n) is 4.02. The number of non-ortho nitro benzene ring substituents is 1. The molecule has 0 saturated carbocycles. The van der Waals surface area contributed by atoms with Crippen LogP contribution in [-0.4, -0.2) is 34.7 Å². The van der Waals surface area contributed by atoms with Gasteiger partial charge in [0.15, 0.2) is 5.78 Å². The molecule has 27 heavy (non-hydrogen) atoms. The van der Waals surface area contributed by atoms with E-state index < -0.39 is 16.8 Å². The summed E-state index contributed by atoms with van der Waals surface area (Å²) in [6.45, 7) is 6.00. The Bertz CT molecular complexity index is 884. The molecule has 2 heterocycles. The largest absolute Gasteiger partial charge is 0.463 e. The van der Waals surface area contributed by atoms with E-state index in [2.05, 4.69) is 0 Å². The van der Waals surface area contributed by atoms with E-state index in [1.807, 2.05) is 11.8 Å². The van der Waals surface area contributed by atoms with Gasteiger partial charge in [0.25, 0.3) is 5.69 Å². The number of allylic oxidation sites excluding steroid dienone is 3. The molecular weight excluding hydrogens is 348 g/mol. The maximum atomic E-state index is 12.8. The molecule has 0 aliphatic carbocycles. The van der Waals surface area contributed by atoms with Gasteiger partial charge in [-0.1, -0.05) is 12.1 Å². The standard InChI is InChI=1S/C20H22N2O5/c1-4-27-20(24)17-12(2)21-10-6-9-16(21)18(13(3)23)19(17)14-7-5-8-15(11-14)22(25)26/h5,7-8,11,19H,4,6,9-10H2,1-3H3. The van der Waals surface area contributed by atoms with Crippen molar-refractivity contribution in [3.05, 3.63) is 62.5 Å². The smallest absolute Gasteiger partial charge is 0.336 e. The molecule has 2 aliphatic heterocycles. The van der Waals surface area contributed by atoms with Gasteiger partial charge in [0.2, 0.25) is 0 Å². The number of nitro groups is 1. The minimum absolute atomic E-state index is 0.0740. The van der Waals surface area contributed by atoms with Gasteiger partial charge in [-0.15, -0.1) is 0 Å². The van der Waals surface area contributed by atoms with Crippen molar-refractivity contribution in [3.8, 4) is 0 Å². The molecular formula is C20H22N2O5. The number of esters is 1. The van der Waals surface area contributed by atoms with E-state index >= 15 is 0 Å². The molecule has 7 nitrogen and oxygen atoms in total. The van der Waals surface area contributed by atoms with Crippen molar-refractivity contribution in [3.63, 3.8) is 0 Å². The summed E-state index contributed by atoms with van der Waals surface area (Å²) in [5.41, 5.74) is 3.05. The first kappa shape index (κ1) is 18.8. The van der Waals surface area contributed by atoms with E-state index in [-0.39, 0.29) is 18.1 Å². The number of ketones is 1. The Hall–Kier alpha value is -2.96. The van der Waals surface area contributed by atoms with Gasteiger partial charge in [-0.2, -0.15) is 0 Å². The zero-order chi connectivity index (χ0) is 19.7. The highest BCUT2D eigenvalue weighted by molar-refractivity contribution is 6.02. The number of rotatable bonds is 5. The molecule has 1 aromatic rings. The Morgan fingerprint density at radius 2 is 2.07 bits per heavy atom. The average molecular weight is 370 g/mol. The molecule has 1 saturated heterocycles. The van der Waals surface area contributed by atoms with Gasteiger partial charge in [0.05, 0.1) is 17.1 Å². The van der Waals surface area contributed by atoms with E-state index in [0.29, 0.717) is 16.7 Å². The van der Waals surface area contributed by atoms with Gasteiger partial charge in [-0.25, -0.2) is 4.79 Å². The van der Waals surface area contributed by atoms with Crippen molar-refractivity contribution in [2.75, 3.05) is 13.2 Å². The molecule has 2 aliphatic rings. The summed E-state index contributed by atoms with van der Waals surface area (Å²) in [5, 5.41) is 11.2. The summed E-state index contributed by atoms with van der Waals surface area (Å²) in [7, 11) is 0. The number of ether oxygens (including phenoxy) is 1. The number of hydrogen-bond donors (Lipinski definition) is 0. The van der Waals surface area contributed by atoms with Gasteiger partial charge < -0.3 is 9.64 Å². The van der Waals surface area contributed by atoms with Crippen molar-refractivity contribution in [2.45, 2.75) is 39.5 Å². The Labute approximate surface area is 157 Å². The molecule has 0 bridgehead atoms. The van der Waals surface area contributed by atoms with Crippen LogP contribution >= 0.6 is 0 Å². The Kier molecular flexibility index (Phi) is 5.12. The molecule has 1 unspecified atom stereocenters. The maximum absolute atomic E-state index is 12.8. The van der Waals surface area contributed by atoms with Gasteiger partial charge in [0, 0.05) is 41.6 Å². The molecule has 0 aromatic heterocycles. The summed E-state index contributed by atoms with van der Waals surface area (Å²) in [4.78, 5) is 38.1. The van der Waals surface area contributed by atoms with E-state index in [9.17, 15) is 19.7 Å². The molecule has 0 radical (unpaired) electrons. The summed E-state index contributed by atoms with van der Waals surface area (Å²) < 4.78 is 5.27. The zero-order valence-corrected chi connectivity index (χ0v) is 15.7. The molecule has 1 aromatic carbocycles. The summed E-state index contributed by atoms with van der Waals surface area (Å²) in [6, 6.07) is 6.13. The normalized spacial score (nSPS) is 19.2. The van der Waals surface area contributed by atoms with Gasteiger partial charge >= 0.3 is 5.97 Å². The number of fused-ring (bicyclic) bond motifs is 1. The monoisotopic (exact) mass is 370 g/mol. The first-order chi connectivity index (χ1) is 12.9. The van der Waals surface area contributed by atoms with Crippen molar-refractivity contribution in [1.29, 1.82) is 0 Å². The number of carbonyl (C=O) groups is 2. The van der Waals surface area contributed by atoms with Crippen LogP contribution in [0.4, 0.5) is 5.69 Å². The third-order valence-electron chi connectivity index (χ3n) is 5.09. The van der Waals surface area contributed by atoms with Crippen LogP contribution < -0.4 is 0 Å². The van der Waals surface area contributed by atoms with Gasteiger partial charge in [0.1, 0.15) is 0 Å². The second-order valence-corrected chi connectivity index (χ2v) is 6.68. The van der Waals surface area contributed by atoms with E-state index in [0.717, 1.165) is 30.8 Å². The molecule has 3 rings (SSSR count). The average Bonchev–Trinajstić information content (AvgIpc) is 3.11. The molecule has 0 spiro atoms. The second kappa shape index (κ2) is 7.34. The number of nitro benzene ring substituents is 1. The van der Waals surface area contributed by atoms with Crippen molar-refractivity contribution in [2.24, 2.45) is 0 Å². The van der Waals surface area contributed by atoms with Crippen LogP contribution in [0.25, 0.3) is 0 Å². The fourth-order valence-corrected chi connectivity index (χ4v) is 4.02. The minimum Gasteiger partial charge on any atom is -0.463 e. The van der Waals surface area contributed by atoms with Crippen molar-refractivity contribution < 1.29 is 19.2 Å². The first-order valence-corrected chi connectivity index (χ1v) is 9.00. The fraction of sp³-hybridized carbons (Fsp3) is 0.400. The number of hydrogen-bond acceptors (Lipinski definition) is 6. The summed E-state index contributed by atoms with van der Waals surface area (Å²) >= 11 is 0. The van der Waals surface area contributed by atoms with Crippen LogP contribution in [-0.2, 0) is 14.3 Å². The lowest BCUT2D eigenvalue weighted by Gasteiger charge is -2.35. The minimum atomic E-state index is -0.661. The van der Waals surface area contributed by atoms with Crippen LogP contribution in [0.1, 0.15) is 45.1 Å². The molecule has 1 atom stereocenters. The Morgan fingerprint density at radius 3 is 2.70 bits per heavy atom. The first-order valence-electron chi connectivity index (χ1n) is 9.00. The Morgan fingerprint density at radius 1 is 1.33 bits per heavy atom. The third kappa shape index (κ3) is 3.25. The molecule has 0 N–H and O–H groups in total. The number of Topliss-reactive ketones (excluding diaryl/α,β-unsaturated/α-hetero) is 1. The second-order valence-electron chi connectivity index (χ2n) is 6.68. The third-order valence-corrected chi connectivity index (χ3v) is 5.09. The Balaban J connectivity index is 2.25. The van der Waals surface area contributed by atoms with E-state index in [1.54, 1.807) is 19.1 Å². The highest BCUT2D eigenvalue weighted by atomic mass is 16.6. The van der Waals surface area contributed by atoms with Crippen molar-refractivity contribution in [1.82, 2.24) is 4.90 Å². The van der Waals surface area contributed by atoms with Crippen molar-refractivity contribution >= 4 is 17.4 Å². The van der Waals surface area contributed by atoms with E-state index in [4.69, 9.17) is 4.74 Å². The molecule has 0 amide bonds. The van der Waals surface area contributed by atoms with Crippen LogP contribution in [0.3, 0.4) is 0 Å². The molecule has 7 heteroatoms. The molecule has 142 valence electrons. The van der Waals surface area contributed by atoms with E-state index in [1.165, 1.54) is 19.1 Å². The maximum Gasteiger partial charge on any atom is 0.336 e. The van der Waals surface area contributed by atoms with Crippen LogP contribution in [0, 0.1) is 10.1 Å². The lowest BCUT2D eigenvalue weighted by Crippen LogP contribution is -2.32. The summed E-state index contributed by atoms with van der Waals surface area (Å²) in [5.74, 6) is -1.29. The lowest BCUT2D eigenvalue weighted by atomic mass is 9.78. The number of benzene rings is 1. The van der Waals surface area contributed by atoms with Crippen LogP contribution in [0.2, 0.25) is 0 Å². The molecule has 1 fully saturated rings. The highest BCUT2D eigenvalue weighted by Gasteiger charge is 2.41. The van der Waals surface area contributed by atoms with Crippen LogP contribution in [0.5, 0.6) is 0 Å².